The summed E-state index contributed by atoms with van der Waals surface area (Å²) in [5.74, 6) is 1.93. The summed E-state index contributed by atoms with van der Waals surface area (Å²) in [6.07, 6.45) is 2.41. The van der Waals surface area contributed by atoms with Crippen molar-refractivity contribution in [2.24, 2.45) is 0 Å². The molecule has 0 unspecified atom stereocenters. The second-order valence-electron chi connectivity index (χ2n) is 9.16. The van der Waals surface area contributed by atoms with Gasteiger partial charge >= 0.3 is 0 Å². The van der Waals surface area contributed by atoms with Gasteiger partial charge in [-0.2, -0.15) is 0 Å². The summed E-state index contributed by atoms with van der Waals surface area (Å²) in [7, 11) is 0. The monoisotopic (exact) mass is 543 g/mol. The highest BCUT2D eigenvalue weighted by Gasteiger charge is 2.25. The number of likely N-dealkylation sites (tertiary alicyclic amines) is 1. The van der Waals surface area contributed by atoms with E-state index in [1.165, 1.54) is 0 Å². The zero-order valence-electron chi connectivity index (χ0n) is 19.9. The first-order valence-electron chi connectivity index (χ1n) is 12.2. The molecular weight excluding hydrogens is 516 g/mol. The number of fused-ring (bicyclic) bond motifs is 1. The topological polar surface area (TPSA) is 32.7 Å². The number of nitrogens with zero attached hydrogens (tertiary/aromatic N) is 1. The van der Waals surface area contributed by atoms with E-state index in [2.05, 4.69) is 17.0 Å². The molecule has 3 nitrogen and oxygen atoms in total. The average Bonchev–Trinajstić information content (AvgIpc) is 3.22. The molecule has 1 saturated heterocycles. The van der Waals surface area contributed by atoms with Crippen LogP contribution in [0.25, 0.3) is 11.1 Å². The lowest BCUT2D eigenvalue weighted by Gasteiger charge is -2.19. The largest absolute Gasteiger partial charge is 0.508 e. The number of ether oxygens (including phenoxy) is 1. The Labute approximate surface area is 225 Å². The molecule has 0 radical (unpaired) electrons. The Hall–Kier alpha value is -2.18. The van der Waals surface area contributed by atoms with E-state index >= 15 is 0 Å². The Kier molecular flexibility index (Phi) is 8.12. The van der Waals surface area contributed by atoms with Gasteiger partial charge in [-0.3, -0.25) is 9.29 Å². The van der Waals surface area contributed by atoms with E-state index in [1.807, 2.05) is 36.4 Å². The Morgan fingerprint density at radius 1 is 1.06 bits per heavy atom. The van der Waals surface area contributed by atoms with Crippen molar-refractivity contribution in [3.8, 4) is 11.5 Å². The molecule has 2 heterocycles. The van der Waals surface area contributed by atoms with Crippen LogP contribution in [0.15, 0.2) is 65.6 Å². The second kappa shape index (κ2) is 11.5. The average molecular weight is 545 g/mol. The molecule has 0 aliphatic carbocycles. The fourth-order valence-electron chi connectivity index (χ4n) is 5.02. The van der Waals surface area contributed by atoms with E-state index < -0.39 is 0 Å². The van der Waals surface area contributed by atoms with Gasteiger partial charge in [-0.25, -0.2) is 0 Å². The van der Waals surface area contributed by atoms with Crippen LogP contribution in [-0.4, -0.2) is 48.2 Å². The van der Waals surface area contributed by atoms with Crippen LogP contribution in [0.4, 0.5) is 4.39 Å². The first-order valence-corrected chi connectivity index (χ1v) is 14.0. The number of hydrogen-bond acceptors (Lipinski definition) is 4. The summed E-state index contributed by atoms with van der Waals surface area (Å²) in [6, 6.07) is 19.4. The van der Waals surface area contributed by atoms with Gasteiger partial charge in [0.25, 0.3) is 0 Å². The van der Waals surface area contributed by atoms with Gasteiger partial charge < -0.3 is 9.84 Å². The van der Waals surface area contributed by atoms with Gasteiger partial charge in [-0.15, -0.1) is 11.8 Å². The third kappa shape index (κ3) is 5.70. The number of benzene rings is 3. The van der Waals surface area contributed by atoms with E-state index in [1.54, 1.807) is 23.9 Å². The van der Waals surface area contributed by atoms with Crippen LogP contribution in [0.2, 0.25) is 10.0 Å². The molecule has 1 N–H and O–H groups in total. The number of thioether (sulfide) groups is 1. The number of aromatic hydroxyl groups is 1. The highest BCUT2D eigenvalue weighted by atomic mass is 35.5. The summed E-state index contributed by atoms with van der Waals surface area (Å²) >= 11 is 14.6. The molecule has 1 atom stereocenters. The number of phenols is 1. The normalized spacial score (nSPS) is 18.2. The van der Waals surface area contributed by atoms with Crippen molar-refractivity contribution in [3.05, 3.63) is 87.4 Å². The summed E-state index contributed by atoms with van der Waals surface area (Å²) in [6.45, 7) is 2.24. The minimum Gasteiger partial charge on any atom is -0.508 e. The maximum atomic E-state index is 12.6. The van der Waals surface area contributed by atoms with E-state index in [-0.39, 0.29) is 18.5 Å². The highest BCUT2D eigenvalue weighted by molar-refractivity contribution is 7.99. The molecule has 0 amide bonds. The van der Waals surface area contributed by atoms with Crippen LogP contribution in [0.3, 0.4) is 0 Å². The number of hydrogen-bond donors (Lipinski definition) is 1. The maximum Gasteiger partial charge on any atom is 0.120 e. The molecule has 1 fully saturated rings. The second-order valence-corrected chi connectivity index (χ2v) is 11.1. The smallest absolute Gasteiger partial charge is 0.120 e. The van der Waals surface area contributed by atoms with Crippen LogP contribution in [-0.2, 0) is 0 Å². The summed E-state index contributed by atoms with van der Waals surface area (Å²) in [5.41, 5.74) is 5.29. The number of halogens is 3. The Morgan fingerprint density at radius 2 is 1.92 bits per heavy atom. The molecule has 2 aliphatic rings. The lowest BCUT2D eigenvalue weighted by atomic mass is 9.88. The van der Waals surface area contributed by atoms with Gasteiger partial charge in [-0.1, -0.05) is 41.4 Å². The quantitative estimate of drug-likeness (QED) is 0.327. The van der Waals surface area contributed by atoms with Gasteiger partial charge in [-0.05, 0) is 89.6 Å². The van der Waals surface area contributed by atoms with Crippen molar-refractivity contribution >= 4 is 46.1 Å². The van der Waals surface area contributed by atoms with E-state index in [0.29, 0.717) is 16.5 Å². The molecule has 0 bridgehead atoms. The standard InChI is InChI=1S/C29H28Cl2FNO2S/c30-20-5-7-24(27(31)16-20)25-10-14-36-28-17-21(34)6-8-26(28)29(25)19-3-1-4-22(15-19)35-23-9-13-33(18-23)12-2-11-32/h1,3-8,15-17,23,34H,2,9-14,18H2/t23-/m1/s1. The van der Waals surface area contributed by atoms with Crippen molar-refractivity contribution in [1.82, 2.24) is 4.90 Å². The van der Waals surface area contributed by atoms with Crippen molar-refractivity contribution in [2.45, 2.75) is 30.3 Å². The molecule has 3 aromatic rings. The minimum absolute atomic E-state index is 0.0907. The first-order chi connectivity index (χ1) is 17.5. The van der Waals surface area contributed by atoms with Crippen LogP contribution < -0.4 is 4.74 Å². The lowest BCUT2D eigenvalue weighted by molar-refractivity contribution is 0.198. The molecule has 7 heteroatoms. The van der Waals surface area contributed by atoms with Gasteiger partial charge in [0.15, 0.2) is 0 Å². The van der Waals surface area contributed by atoms with Crippen molar-refractivity contribution in [3.63, 3.8) is 0 Å². The minimum atomic E-state index is -0.281. The number of allylic oxidation sites excluding steroid dienone is 1. The third-order valence-electron chi connectivity index (χ3n) is 6.66. The summed E-state index contributed by atoms with van der Waals surface area (Å²) < 4.78 is 19.0. The lowest BCUT2D eigenvalue weighted by Crippen LogP contribution is -2.26. The highest BCUT2D eigenvalue weighted by Crippen LogP contribution is 2.45. The zero-order valence-corrected chi connectivity index (χ0v) is 22.2. The fraction of sp³-hybridized carbons (Fsp3) is 0.310. The predicted molar refractivity (Wildman–Crippen MR) is 148 cm³/mol. The molecule has 36 heavy (non-hydrogen) atoms. The SMILES string of the molecule is Oc1ccc2c(c1)SCCC(c1ccc(Cl)cc1Cl)=C2c1cccc(O[C@@H]2CCN(CCCF)C2)c1. The number of alkyl halides is 1. The summed E-state index contributed by atoms with van der Waals surface area (Å²) in [4.78, 5) is 3.30. The zero-order chi connectivity index (χ0) is 25.1. The van der Waals surface area contributed by atoms with E-state index in [0.717, 1.165) is 76.7 Å². The van der Waals surface area contributed by atoms with E-state index in [4.69, 9.17) is 27.9 Å². The number of rotatable bonds is 7. The molecule has 0 aromatic heterocycles. The van der Waals surface area contributed by atoms with Crippen molar-refractivity contribution < 1.29 is 14.2 Å². The molecule has 0 saturated carbocycles. The van der Waals surface area contributed by atoms with Crippen LogP contribution in [0, 0.1) is 0 Å². The summed E-state index contributed by atoms with van der Waals surface area (Å²) in [5, 5.41) is 11.4. The predicted octanol–water partition coefficient (Wildman–Crippen LogP) is 7.97. The molecule has 2 aliphatic heterocycles. The molecule has 188 valence electrons. The Morgan fingerprint density at radius 3 is 2.75 bits per heavy atom. The van der Waals surface area contributed by atoms with Gasteiger partial charge in [0, 0.05) is 40.3 Å². The molecule has 5 rings (SSSR count). The van der Waals surface area contributed by atoms with Gasteiger partial charge in [0.05, 0.1) is 6.67 Å². The van der Waals surface area contributed by atoms with Crippen molar-refractivity contribution in [2.75, 3.05) is 32.1 Å². The molecule has 3 aromatic carbocycles. The first kappa shape index (κ1) is 25.5. The van der Waals surface area contributed by atoms with Crippen molar-refractivity contribution in [1.29, 1.82) is 0 Å². The van der Waals surface area contributed by atoms with Gasteiger partial charge in [0.2, 0.25) is 0 Å². The molecule has 0 spiro atoms. The Bertz CT molecular complexity index is 1280. The fourth-order valence-corrected chi connectivity index (χ4v) is 6.60. The van der Waals surface area contributed by atoms with Crippen LogP contribution in [0.5, 0.6) is 11.5 Å². The van der Waals surface area contributed by atoms with E-state index in [9.17, 15) is 9.50 Å². The Balaban J connectivity index is 1.55. The number of phenolic OH excluding ortho intramolecular Hbond substituents is 1. The maximum absolute atomic E-state index is 12.6. The van der Waals surface area contributed by atoms with Crippen LogP contribution >= 0.6 is 35.0 Å². The van der Waals surface area contributed by atoms with Crippen LogP contribution in [0.1, 0.15) is 36.0 Å². The third-order valence-corrected chi connectivity index (χ3v) is 8.27. The van der Waals surface area contributed by atoms with Gasteiger partial charge in [0.1, 0.15) is 17.6 Å². The molecular formula is C29H28Cl2FNO2S.